The van der Waals surface area contributed by atoms with Crippen molar-refractivity contribution in [2.24, 2.45) is 0 Å². The highest BCUT2D eigenvalue weighted by Gasteiger charge is 2.30. The summed E-state index contributed by atoms with van der Waals surface area (Å²) >= 11 is 0. The van der Waals surface area contributed by atoms with E-state index in [1.807, 2.05) is 0 Å². The number of carbonyl (C=O) groups excluding carboxylic acids is 1. The van der Waals surface area contributed by atoms with Gasteiger partial charge in [-0.2, -0.15) is 0 Å². The number of hydrogen-bond donors (Lipinski definition) is 2. The average molecular weight is 282 g/mol. The molecule has 0 radical (unpaired) electrons. The van der Waals surface area contributed by atoms with E-state index < -0.39 is 17.4 Å². The normalized spacial score (nSPS) is 13.3. The Morgan fingerprint density at radius 1 is 1.45 bits per heavy atom. The third-order valence-corrected chi connectivity index (χ3v) is 2.63. The molecule has 1 unspecified atom stereocenters. The molecule has 0 aliphatic heterocycles. The fourth-order valence-electron chi connectivity index (χ4n) is 1.85. The number of hydrogen-bond acceptors (Lipinski definition) is 5. The molecular weight excluding hydrogens is 264 g/mol. The molecule has 7 nitrogen and oxygen atoms in total. The molecule has 1 heterocycles. The lowest BCUT2D eigenvalue weighted by Crippen LogP contribution is -2.50. The van der Waals surface area contributed by atoms with Crippen LogP contribution in [0.15, 0.2) is 18.3 Å². The molecule has 7 heteroatoms. The standard InChI is InChI=1S/C13H18N2O5/c1-13(8-19-2,7-10(16)17)15-11(18)9-5-4-6-14-12(9)20-3/h4-6H,7-8H2,1-3H3,(H,15,18)(H,16,17). The van der Waals surface area contributed by atoms with Crippen LogP contribution in [-0.4, -0.2) is 48.3 Å². The summed E-state index contributed by atoms with van der Waals surface area (Å²) in [5, 5.41) is 11.6. The van der Waals surface area contributed by atoms with Gasteiger partial charge in [0.15, 0.2) is 0 Å². The van der Waals surface area contributed by atoms with Crippen molar-refractivity contribution in [2.75, 3.05) is 20.8 Å². The van der Waals surface area contributed by atoms with Crippen molar-refractivity contribution in [3.05, 3.63) is 23.9 Å². The van der Waals surface area contributed by atoms with E-state index in [4.69, 9.17) is 14.6 Å². The Hall–Kier alpha value is -2.15. The second-order valence-corrected chi connectivity index (χ2v) is 4.58. The van der Waals surface area contributed by atoms with E-state index in [0.29, 0.717) is 0 Å². The number of ether oxygens (including phenoxy) is 2. The molecule has 1 amide bonds. The number of carboxylic acids is 1. The number of carboxylic acid groups (broad SMARTS) is 1. The zero-order valence-corrected chi connectivity index (χ0v) is 11.7. The predicted octanol–water partition coefficient (Wildman–Crippen LogP) is 0.700. The molecule has 1 atom stereocenters. The van der Waals surface area contributed by atoms with E-state index >= 15 is 0 Å². The van der Waals surface area contributed by atoms with E-state index in [-0.39, 0.29) is 24.5 Å². The Morgan fingerprint density at radius 3 is 2.70 bits per heavy atom. The van der Waals surface area contributed by atoms with Gasteiger partial charge < -0.3 is 19.9 Å². The molecule has 0 saturated carbocycles. The largest absolute Gasteiger partial charge is 0.481 e. The Labute approximate surface area is 116 Å². The van der Waals surface area contributed by atoms with Crippen LogP contribution in [0.4, 0.5) is 0 Å². The number of nitrogens with one attached hydrogen (secondary N) is 1. The van der Waals surface area contributed by atoms with Crippen molar-refractivity contribution in [1.29, 1.82) is 0 Å². The average Bonchev–Trinajstić information content (AvgIpc) is 2.37. The Kier molecular flexibility index (Phi) is 5.45. The summed E-state index contributed by atoms with van der Waals surface area (Å²) in [6, 6.07) is 3.15. The quantitative estimate of drug-likeness (QED) is 0.764. The summed E-state index contributed by atoms with van der Waals surface area (Å²) in [4.78, 5) is 27.0. The molecule has 0 bridgehead atoms. The van der Waals surface area contributed by atoms with Crippen LogP contribution in [0.1, 0.15) is 23.7 Å². The molecule has 0 saturated heterocycles. The molecule has 20 heavy (non-hydrogen) atoms. The van der Waals surface area contributed by atoms with Crippen LogP contribution in [0, 0.1) is 0 Å². The lowest BCUT2D eigenvalue weighted by atomic mass is 9.98. The highest BCUT2D eigenvalue weighted by Crippen LogP contribution is 2.17. The van der Waals surface area contributed by atoms with E-state index in [1.54, 1.807) is 19.1 Å². The van der Waals surface area contributed by atoms with Crippen molar-refractivity contribution >= 4 is 11.9 Å². The number of rotatable bonds is 7. The van der Waals surface area contributed by atoms with Crippen LogP contribution >= 0.6 is 0 Å². The van der Waals surface area contributed by atoms with Gasteiger partial charge in [-0.05, 0) is 19.1 Å². The van der Waals surface area contributed by atoms with Crippen molar-refractivity contribution in [3.8, 4) is 5.88 Å². The molecule has 0 fully saturated rings. The van der Waals surface area contributed by atoms with Crippen LogP contribution in [0.5, 0.6) is 5.88 Å². The van der Waals surface area contributed by atoms with Crippen LogP contribution in [0.25, 0.3) is 0 Å². The first-order valence-electron chi connectivity index (χ1n) is 5.94. The molecule has 0 aliphatic rings. The van der Waals surface area contributed by atoms with Gasteiger partial charge in [-0.1, -0.05) is 0 Å². The number of aliphatic carboxylic acids is 1. The first kappa shape index (κ1) is 15.9. The van der Waals surface area contributed by atoms with Crippen LogP contribution in [0.3, 0.4) is 0 Å². The van der Waals surface area contributed by atoms with Gasteiger partial charge in [0.25, 0.3) is 5.91 Å². The Bertz CT molecular complexity index is 491. The SMILES string of the molecule is COCC(C)(CC(=O)O)NC(=O)c1cccnc1OC. The van der Waals surface area contributed by atoms with Gasteiger partial charge in [0.1, 0.15) is 5.56 Å². The second kappa shape index (κ2) is 6.85. The van der Waals surface area contributed by atoms with E-state index in [9.17, 15) is 9.59 Å². The molecule has 0 spiro atoms. The van der Waals surface area contributed by atoms with Crippen LogP contribution in [-0.2, 0) is 9.53 Å². The highest BCUT2D eigenvalue weighted by atomic mass is 16.5. The van der Waals surface area contributed by atoms with Crippen molar-refractivity contribution in [1.82, 2.24) is 10.3 Å². The van der Waals surface area contributed by atoms with Gasteiger partial charge in [0.2, 0.25) is 5.88 Å². The minimum absolute atomic E-state index is 0.0770. The van der Waals surface area contributed by atoms with Gasteiger partial charge >= 0.3 is 5.97 Å². The smallest absolute Gasteiger partial charge is 0.305 e. The van der Waals surface area contributed by atoms with E-state index in [0.717, 1.165) is 0 Å². The third kappa shape index (κ3) is 4.20. The molecular formula is C13H18N2O5. The van der Waals surface area contributed by atoms with Crippen LogP contribution in [0.2, 0.25) is 0 Å². The van der Waals surface area contributed by atoms with Gasteiger partial charge in [0, 0.05) is 13.3 Å². The maximum atomic E-state index is 12.2. The van der Waals surface area contributed by atoms with E-state index in [2.05, 4.69) is 10.3 Å². The zero-order chi connectivity index (χ0) is 15.2. The van der Waals surface area contributed by atoms with E-state index in [1.165, 1.54) is 20.4 Å². The number of amides is 1. The van der Waals surface area contributed by atoms with Gasteiger partial charge in [0.05, 0.1) is 25.7 Å². The lowest BCUT2D eigenvalue weighted by molar-refractivity contribution is -0.139. The molecule has 1 rings (SSSR count). The summed E-state index contributed by atoms with van der Waals surface area (Å²) < 4.78 is 9.98. The minimum Gasteiger partial charge on any atom is -0.481 e. The summed E-state index contributed by atoms with van der Waals surface area (Å²) in [7, 11) is 2.85. The predicted molar refractivity (Wildman–Crippen MR) is 70.8 cm³/mol. The topological polar surface area (TPSA) is 97.8 Å². The monoisotopic (exact) mass is 282 g/mol. The molecule has 0 aliphatic carbocycles. The zero-order valence-electron chi connectivity index (χ0n) is 11.7. The maximum Gasteiger partial charge on any atom is 0.305 e. The second-order valence-electron chi connectivity index (χ2n) is 4.58. The number of carbonyl (C=O) groups is 2. The van der Waals surface area contributed by atoms with Gasteiger partial charge in [-0.3, -0.25) is 9.59 Å². The van der Waals surface area contributed by atoms with Crippen molar-refractivity contribution in [3.63, 3.8) is 0 Å². The van der Waals surface area contributed by atoms with Crippen molar-refractivity contribution < 1.29 is 24.2 Å². The summed E-state index contributed by atoms with van der Waals surface area (Å²) in [5.74, 6) is -1.31. The Morgan fingerprint density at radius 2 is 2.15 bits per heavy atom. The van der Waals surface area contributed by atoms with Gasteiger partial charge in [-0.25, -0.2) is 4.98 Å². The highest BCUT2D eigenvalue weighted by molar-refractivity contribution is 5.97. The number of pyridine rings is 1. The lowest BCUT2D eigenvalue weighted by Gasteiger charge is -2.28. The summed E-state index contributed by atoms with van der Waals surface area (Å²) in [6.45, 7) is 1.68. The molecule has 1 aromatic heterocycles. The minimum atomic E-state index is -1.02. The fraction of sp³-hybridized carbons (Fsp3) is 0.462. The molecule has 1 aromatic rings. The number of aromatic nitrogens is 1. The molecule has 110 valence electrons. The van der Waals surface area contributed by atoms with Crippen LogP contribution < -0.4 is 10.1 Å². The maximum absolute atomic E-state index is 12.2. The third-order valence-electron chi connectivity index (χ3n) is 2.63. The summed E-state index contributed by atoms with van der Waals surface area (Å²) in [6.07, 6.45) is 1.25. The number of nitrogens with zero attached hydrogens (tertiary/aromatic N) is 1. The molecule has 2 N–H and O–H groups in total. The first-order chi connectivity index (χ1) is 9.41. The first-order valence-corrected chi connectivity index (χ1v) is 5.94. The van der Waals surface area contributed by atoms with Gasteiger partial charge in [-0.15, -0.1) is 0 Å². The van der Waals surface area contributed by atoms with Crippen molar-refractivity contribution in [2.45, 2.75) is 18.9 Å². The fourth-order valence-corrected chi connectivity index (χ4v) is 1.85. The number of methoxy groups -OCH3 is 2. The Balaban J connectivity index is 2.93. The molecule has 0 aromatic carbocycles. The summed E-state index contributed by atoms with van der Waals surface area (Å²) in [5.41, 5.74) is -0.777.